The summed E-state index contributed by atoms with van der Waals surface area (Å²) in [6.07, 6.45) is 29.5. The van der Waals surface area contributed by atoms with Crippen molar-refractivity contribution in [2.75, 3.05) is 6.61 Å². The van der Waals surface area contributed by atoms with Crippen LogP contribution in [0.3, 0.4) is 0 Å². The van der Waals surface area contributed by atoms with Crippen LogP contribution in [0.4, 0.5) is 0 Å². The summed E-state index contributed by atoms with van der Waals surface area (Å²) in [5, 5.41) is 0. The minimum atomic E-state index is 0.689. The first kappa shape index (κ1) is 32.3. The first-order valence-electron chi connectivity index (χ1n) is 15.8. The molecule has 38 heavy (non-hydrogen) atoms. The van der Waals surface area contributed by atoms with Gasteiger partial charge in [0.1, 0.15) is 5.75 Å². The fourth-order valence-corrected chi connectivity index (χ4v) is 5.20. The van der Waals surface area contributed by atoms with Gasteiger partial charge in [0.2, 0.25) is 0 Å². The average Bonchev–Trinajstić information content (AvgIpc) is 2.94. The molecule has 0 bridgehead atoms. The average molecular weight is 535 g/mol. The van der Waals surface area contributed by atoms with E-state index in [9.17, 15) is 0 Å². The summed E-state index contributed by atoms with van der Waals surface area (Å²) in [5.41, 5.74) is 3.67. The molecule has 0 saturated heterocycles. The Kier molecular flexibility index (Phi) is 18.6. The van der Waals surface area contributed by atoms with E-state index in [1.165, 1.54) is 121 Å². The highest BCUT2D eigenvalue weighted by molar-refractivity contribution is 7.81. The molecule has 0 aromatic heterocycles. The van der Waals surface area contributed by atoms with Crippen LogP contribution in [0.15, 0.2) is 54.6 Å². The SMILES string of the molecule is CCCCCCCCCCCCCCCCCCCc1ccc(C(=S)C=Cc2ccc(OCC)cc2)cc1. The zero-order chi connectivity index (χ0) is 27.1. The van der Waals surface area contributed by atoms with Gasteiger partial charge < -0.3 is 4.74 Å². The molecule has 210 valence electrons. The Hall–Kier alpha value is -1.93. The van der Waals surface area contributed by atoms with Gasteiger partial charge in [-0.2, -0.15) is 0 Å². The van der Waals surface area contributed by atoms with Crippen LogP contribution in [0.2, 0.25) is 0 Å². The van der Waals surface area contributed by atoms with Crippen molar-refractivity contribution in [1.29, 1.82) is 0 Å². The Labute approximate surface area is 240 Å². The van der Waals surface area contributed by atoms with Gasteiger partial charge in [0.05, 0.1) is 6.61 Å². The summed E-state index contributed by atoms with van der Waals surface area (Å²) in [7, 11) is 0. The standard InChI is InChI=1S/C36H54OS/c1-3-5-6-7-8-9-10-11-12-13-14-15-16-17-18-19-20-21-32-22-27-34(28-23-32)36(38)31-26-33-24-29-35(30-25-33)37-4-2/h22-31H,3-21H2,1-2H3. The molecule has 0 aliphatic rings. The molecule has 0 saturated carbocycles. The zero-order valence-electron chi connectivity index (χ0n) is 24.5. The number of hydrogen-bond acceptors (Lipinski definition) is 2. The van der Waals surface area contributed by atoms with E-state index in [4.69, 9.17) is 17.0 Å². The molecule has 2 heteroatoms. The van der Waals surface area contributed by atoms with E-state index in [2.05, 4.69) is 49.4 Å². The first-order valence-corrected chi connectivity index (χ1v) is 16.2. The van der Waals surface area contributed by atoms with Crippen molar-refractivity contribution >= 4 is 23.2 Å². The molecule has 0 spiro atoms. The van der Waals surface area contributed by atoms with E-state index in [1.54, 1.807) is 0 Å². The summed E-state index contributed by atoms with van der Waals surface area (Å²) >= 11 is 5.63. The second-order valence-corrected chi connectivity index (χ2v) is 11.2. The number of benzene rings is 2. The van der Waals surface area contributed by atoms with Gasteiger partial charge in [0.15, 0.2) is 0 Å². The van der Waals surface area contributed by atoms with Crippen molar-refractivity contribution < 1.29 is 4.74 Å². The van der Waals surface area contributed by atoms with Crippen LogP contribution in [0.25, 0.3) is 6.08 Å². The Balaban J connectivity index is 1.45. The minimum Gasteiger partial charge on any atom is -0.494 e. The normalized spacial score (nSPS) is 11.3. The molecule has 0 N–H and O–H groups in total. The zero-order valence-corrected chi connectivity index (χ0v) is 25.3. The molecule has 0 unspecified atom stereocenters. The van der Waals surface area contributed by atoms with E-state index in [1.807, 2.05) is 25.1 Å². The minimum absolute atomic E-state index is 0.689. The van der Waals surface area contributed by atoms with Crippen LogP contribution in [0.1, 0.15) is 140 Å². The molecule has 0 fully saturated rings. The maximum Gasteiger partial charge on any atom is 0.119 e. The maximum atomic E-state index is 5.63. The van der Waals surface area contributed by atoms with Crippen LogP contribution < -0.4 is 4.74 Å². The third-order valence-corrected chi connectivity index (χ3v) is 7.80. The highest BCUT2D eigenvalue weighted by Gasteiger charge is 2.00. The quantitative estimate of drug-likeness (QED) is 0.0606. The second-order valence-electron chi connectivity index (χ2n) is 10.8. The van der Waals surface area contributed by atoms with Gasteiger partial charge in [0.25, 0.3) is 0 Å². The predicted octanol–water partition coefficient (Wildman–Crippen LogP) is 11.7. The smallest absolute Gasteiger partial charge is 0.119 e. The third-order valence-electron chi connectivity index (χ3n) is 7.43. The maximum absolute atomic E-state index is 5.63. The van der Waals surface area contributed by atoms with Crippen LogP contribution in [-0.2, 0) is 6.42 Å². The second kappa shape index (κ2) is 21.9. The number of hydrogen-bond donors (Lipinski definition) is 0. The monoisotopic (exact) mass is 534 g/mol. The largest absolute Gasteiger partial charge is 0.494 e. The van der Waals surface area contributed by atoms with Crippen molar-refractivity contribution in [1.82, 2.24) is 0 Å². The summed E-state index contributed by atoms with van der Waals surface area (Å²) in [5.74, 6) is 0.905. The van der Waals surface area contributed by atoms with Crippen molar-refractivity contribution in [3.05, 3.63) is 71.3 Å². The topological polar surface area (TPSA) is 9.23 Å². The lowest BCUT2D eigenvalue weighted by Gasteiger charge is -2.05. The summed E-state index contributed by atoms with van der Waals surface area (Å²) in [4.78, 5) is 0.878. The summed E-state index contributed by atoms with van der Waals surface area (Å²) in [6, 6.07) is 17.0. The van der Waals surface area contributed by atoms with Crippen LogP contribution in [0, 0.1) is 0 Å². The predicted molar refractivity (Wildman–Crippen MR) is 173 cm³/mol. The Morgan fingerprint density at radius 2 is 1.08 bits per heavy atom. The van der Waals surface area contributed by atoms with E-state index in [-0.39, 0.29) is 0 Å². The third kappa shape index (κ3) is 15.5. The van der Waals surface area contributed by atoms with E-state index in [0.29, 0.717) is 6.61 Å². The van der Waals surface area contributed by atoms with Crippen LogP contribution >= 0.6 is 12.2 Å². The summed E-state index contributed by atoms with van der Waals surface area (Å²) in [6.45, 7) is 4.98. The van der Waals surface area contributed by atoms with Gasteiger partial charge in [-0.15, -0.1) is 0 Å². The molecule has 0 amide bonds. The van der Waals surface area contributed by atoms with Crippen molar-refractivity contribution in [3.63, 3.8) is 0 Å². The number of unbranched alkanes of at least 4 members (excludes halogenated alkanes) is 16. The van der Waals surface area contributed by atoms with Crippen molar-refractivity contribution in [2.24, 2.45) is 0 Å². The van der Waals surface area contributed by atoms with Gasteiger partial charge in [-0.1, -0.05) is 164 Å². The number of ether oxygens (including phenoxy) is 1. The number of aryl methyl sites for hydroxylation is 1. The lowest BCUT2D eigenvalue weighted by molar-refractivity contribution is 0.340. The van der Waals surface area contributed by atoms with Crippen LogP contribution in [-0.4, -0.2) is 11.5 Å². The highest BCUT2D eigenvalue weighted by atomic mass is 32.1. The fourth-order valence-electron chi connectivity index (χ4n) is 5.00. The number of rotatable bonds is 23. The number of thiocarbonyl (C=S) groups is 1. The Morgan fingerprint density at radius 3 is 1.55 bits per heavy atom. The molecule has 0 atom stereocenters. The van der Waals surface area contributed by atoms with E-state index < -0.39 is 0 Å². The molecule has 2 rings (SSSR count). The van der Waals surface area contributed by atoms with Gasteiger partial charge in [0, 0.05) is 4.86 Å². The van der Waals surface area contributed by atoms with Crippen molar-refractivity contribution in [3.8, 4) is 5.75 Å². The molecule has 0 heterocycles. The molecule has 2 aromatic carbocycles. The molecule has 0 radical (unpaired) electrons. The molecule has 1 nitrogen and oxygen atoms in total. The highest BCUT2D eigenvalue weighted by Crippen LogP contribution is 2.17. The van der Waals surface area contributed by atoms with Gasteiger partial charge >= 0.3 is 0 Å². The lowest BCUT2D eigenvalue weighted by atomic mass is 10.0. The van der Waals surface area contributed by atoms with Gasteiger partial charge in [-0.25, -0.2) is 0 Å². The van der Waals surface area contributed by atoms with Gasteiger partial charge in [-0.05, 0) is 54.7 Å². The fraction of sp³-hybridized carbons (Fsp3) is 0.583. The molecular weight excluding hydrogens is 480 g/mol. The molecule has 2 aromatic rings. The Bertz CT molecular complexity index is 865. The lowest BCUT2D eigenvalue weighted by Crippen LogP contribution is -1.94. The first-order chi connectivity index (χ1) is 18.7. The molecular formula is C36H54OS. The van der Waals surface area contributed by atoms with E-state index >= 15 is 0 Å². The van der Waals surface area contributed by atoms with Crippen molar-refractivity contribution in [2.45, 2.75) is 129 Å². The Morgan fingerprint density at radius 1 is 0.605 bits per heavy atom. The number of allylic oxidation sites excluding steroid dienone is 1. The molecule has 0 aliphatic carbocycles. The molecule has 0 aliphatic heterocycles. The van der Waals surface area contributed by atoms with Crippen LogP contribution in [0.5, 0.6) is 5.75 Å². The summed E-state index contributed by atoms with van der Waals surface area (Å²) < 4.78 is 5.50. The van der Waals surface area contributed by atoms with Gasteiger partial charge in [-0.3, -0.25) is 0 Å². The van der Waals surface area contributed by atoms with E-state index in [0.717, 1.165) is 21.7 Å².